The lowest BCUT2D eigenvalue weighted by Crippen LogP contribution is -2.48. The van der Waals surface area contributed by atoms with Gasteiger partial charge in [-0.15, -0.1) is 0 Å². The van der Waals surface area contributed by atoms with Gasteiger partial charge in [-0.1, -0.05) is 0 Å². The highest BCUT2D eigenvalue weighted by Gasteiger charge is 2.23. The van der Waals surface area contributed by atoms with Crippen molar-refractivity contribution >= 4 is 15.9 Å². The van der Waals surface area contributed by atoms with Crippen LogP contribution in [0.1, 0.15) is 26.3 Å². The number of benzene rings is 1. The minimum Gasteiger partial charge on any atom is -0.494 e. The van der Waals surface area contributed by atoms with E-state index >= 15 is 0 Å². The van der Waals surface area contributed by atoms with Crippen LogP contribution in [0.3, 0.4) is 0 Å². The number of carbonyl (C=O) groups excluding carboxylic acids is 1. The van der Waals surface area contributed by atoms with Crippen molar-refractivity contribution in [2.45, 2.75) is 44.7 Å². The van der Waals surface area contributed by atoms with E-state index in [9.17, 15) is 13.2 Å². The highest BCUT2D eigenvalue weighted by molar-refractivity contribution is 7.89. The van der Waals surface area contributed by atoms with Gasteiger partial charge in [0, 0.05) is 13.2 Å². The van der Waals surface area contributed by atoms with E-state index in [0.717, 1.165) is 0 Å². The third-order valence-corrected chi connectivity index (χ3v) is 4.83. The molecule has 0 aliphatic carbocycles. The van der Waals surface area contributed by atoms with Gasteiger partial charge in [-0.2, -0.15) is 4.72 Å². The molecule has 1 aromatic rings. The van der Waals surface area contributed by atoms with E-state index in [-0.39, 0.29) is 10.9 Å². The van der Waals surface area contributed by atoms with Crippen LogP contribution in [0.25, 0.3) is 0 Å². The van der Waals surface area contributed by atoms with Crippen LogP contribution in [0.15, 0.2) is 23.1 Å². The summed E-state index contributed by atoms with van der Waals surface area (Å²) in [6, 6.07) is 3.48. The van der Waals surface area contributed by atoms with E-state index in [1.807, 2.05) is 6.92 Å². The van der Waals surface area contributed by atoms with Crippen molar-refractivity contribution in [2.75, 3.05) is 20.3 Å². The number of hydrogen-bond acceptors (Lipinski definition) is 5. The molecule has 0 bridgehead atoms. The molecule has 24 heavy (non-hydrogen) atoms. The molecular weight excluding hydrogens is 332 g/mol. The molecule has 2 N–H and O–H groups in total. The first kappa shape index (κ1) is 20.4. The highest BCUT2D eigenvalue weighted by atomic mass is 32.2. The Morgan fingerprint density at radius 2 is 1.96 bits per heavy atom. The average Bonchev–Trinajstić information content (AvgIpc) is 2.49. The SMILES string of the molecule is CCOc1ccc(S(=O)(=O)N[C@@H](C)C(=O)N[C@@H](C)COC)cc1C. The lowest BCUT2D eigenvalue weighted by atomic mass is 10.2. The van der Waals surface area contributed by atoms with Gasteiger partial charge in [0.1, 0.15) is 5.75 Å². The summed E-state index contributed by atoms with van der Waals surface area (Å²) in [5.41, 5.74) is 0.713. The summed E-state index contributed by atoms with van der Waals surface area (Å²) in [5, 5.41) is 2.68. The van der Waals surface area contributed by atoms with E-state index in [1.165, 1.54) is 26.2 Å². The second-order valence-electron chi connectivity index (χ2n) is 5.57. The quantitative estimate of drug-likeness (QED) is 0.692. The van der Waals surface area contributed by atoms with Gasteiger partial charge in [0.2, 0.25) is 15.9 Å². The Labute approximate surface area is 143 Å². The minimum absolute atomic E-state index is 0.0908. The molecule has 1 amide bonds. The molecule has 0 heterocycles. The van der Waals surface area contributed by atoms with Crippen molar-refractivity contribution in [1.29, 1.82) is 0 Å². The summed E-state index contributed by atoms with van der Waals surface area (Å²) in [5.74, 6) is 0.224. The zero-order valence-electron chi connectivity index (χ0n) is 14.8. The van der Waals surface area contributed by atoms with E-state index in [0.29, 0.717) is 24.5 Å². The fourth-order valence-electron chi connectivity index (χ4n) is 2.12. The van der Waals surface area contributed by atoms with Crippen LogP contribution in [0.2, 0.25) is 0 Å². The lowest BCUT2D eigenvalue weighted by molar-refractivity contribution is -0.123. The number of aryl methyl sites for hydroxylation is 1. The van der Waals surface area contributed by atoms with Gasteiger partial charge in [0.15, 0.2) is 0 Å². The number of ether oxygens (including phenoxy) is 2. The van der Waals surface area contributed by atoms with Crippen molar-refractivity contribution < 1.29 is 22.7 Å². The van der Waals surface area contributed by atoms with Crippen molar-refractivity contribution in [3.05, 3.63) is 23.8 Å². The third-order valence-electron chi connectivity index (χ3n) is 3.29. The Bertz CT molecular complexity index is 660. The highest BCUT2D eigenvalue weighted by Crippen LogP contribution is 2.21. The van der Waals surface area contributed by atoms with Crippen molar-refractivity contribution in [3.8, 4) is 5.75 Å². The van der Waals surface area contributed by atoms with Crippen molar-refractivity contribution in [3.63, 3.8) is 0 Å². The summed E-state index contributed by atoms with van der Waals surface area (Å²) in [6.45, 7) is 7.75. The smallest absolute Gasteiger partial charge is 0.241 e. The van der Waals surface area contributed by atoms with Gasteiger partial charge in [0.25, 0.3) is 0 Å². The molecule has 136 valence electrons. The summed E-state index contributed by atoms with van der Waals surface area (Å²) >= 11 is 0. The van der Waals surface area contributed by atoms with Crippen molar-refractivity contribution in [1.82, 2.24) is 10.0 Å². The predicted molar refractivity (Wildman–Crippen MR) is 91.6 cm³/mol. The van der Waals surface area contributed by atoms with Crippen LogP contribution in [-0.4, -0.2) is 46.7 Å². The van der Waals surface area contributed by atoms with Crippen LogP contribution >= 0.6 is 0 Å². The van der Waals surface area contributed by atoms with E-state index in [1.54, 1.807) is 19.9 Å². The summed E-state index contributed by atoms with van der Waals surface area (Å²) in [4.78, 5) is 12.1. The standard InChI is InChI=1S/C16H26N2O5S/c1-6-23-15-8-7-14(9-11(15)2)24(20,21)18-13(4)16(19)17-12(3)10-22-5/h7-9,12-13,18H,6,10H2,1-5H3,(H,17,19)/t12-,13-/m0/s1. The molecule has 1 rings (SSSR count). The first-order chi connectivity index (χ1) is 11.2. The second-order valence-corrected chi connectivity index (χ2v) is 7.28. The van der Waals surface area contributed by atoms with Crippen LogP contribution < -0.4 is 14.8 Å². The average molecular weight is 358 g/mol. The topological polar surface area (TPSA) is 93.7 Å². The molecule has 0 fully saturated rings. The fraction of sp³-hybridized carbons (Fsp3) is 0.562. The number of sulfonamides is 1. The summed E-state index contributed by atoms with van der Waals surface area (Å²) in [6.07, 6.45) is 0. The third kappa shape index (κ3) is 5.77. The molecule has 0 aromatic heterocycles. The number of nitrogens with one attached hydrogen (secondary N) is 2. The Kier molecular flexibility index (Phi) is 7.65. The molecule has 0 unspecified atom stereocenters. The lowest BCUT2D eigenvalue weighted by Gasteiger charge is -2.18. The van der Waals surface area contributed by atoms with Gasteiger partial charge < -0.3 is 14.8 Å². The normalized spacial score (nSPS) is 14.0. The molecule has 2 atom stereocenters. The first-order valence-corrected chi connectivity index (χ1v) is 9.24. The van der Waals surface area contributed by atoms with Crippen LogP contribution in [0, 0.1) is 6.92 Å². The number of hydrogen-bond donors (Lipinski definition) is 2. The van der Waals surface area contributed by atoms with Gasteiger partial charge >= 0.3 is 0 Å². The predicted octanol–water partition coefficient (Wildman–Crippen LogP) is 1.21. The zero-order valence-corrected chi connectivity index (χ0v) is 15.6. The molecule has 8 heteroatoms. The van der Waals surface area contributed by atoms with Crippen LogP contribution in [-0.2, 0) is 19.6 Å². The zero-order chi connectivity index (χ0) is 18.3. The maximum Gasteiger partial charge on any atom is 0.241 e. The molecule has 1 aromatic carbocycles. The van der Waals surface area contributed by atoms with E-state index in [2.05, 4.69) is 10.0 Å². The fourth-order valence-corrected chi connectivity index (χ4v) is 3.41. The van der Waals surface area contributed by atoms with Crippen LogP contribution in [0.5, 0.6) is 5.75 Å². The second kappa shape index (κ2) is 9.00. The monoisotopic (exact) mass is 358 g/mol. The summed E-state index contributed by atoms with van der Waals surface area (Å²) in [7, 11) is -2.27. The summed E-state index contributed by atoms with van der Waals surface area (Å²) < 4.78 is 37.6. The van der Waals surface area contributed by atoms with Gasteiger partial charge in [-0.05, 0) is 51.5 Å². The molecule has 0 spiro atoms. The number of methoxy groups -OCH3 is 1. The number of rotatable bonds is 9. The number of carbonyl (C=O) groups is 1. The molecule has 0 saturated heterocycles. The maximum atomic E-state index is 12.4. The molecule has 0 aliphatic rings. The van der Waals surface area contributed by atoms with Gasteiger partial charge in [-0.25, -0.2) is 8.42 Å². The molecular formula is C16H26N2O5S. The Balaban J connectivity index is 2.82. The molecule has 0 saturated carbocycles. The molecule has 0 radical (unpaired) electrons. The molecule has 0 aliphatic heterocycles. The van der Waals surface area contributed by atoms with Gasteiger partial charge in [-0.3, -0.25) is 4.79 Å². The Hall–Kier alpha value is -1.64. The Morgan fingerprint density at radius 3 is 2.50 bits per heavy atom. The van der Waals surface area contributed by atoms with Crippen LogP contribution in [0.4, 0.5) is 0 Å². The van der Waals surface area contributed by atoms with E-state index < -0.39 is 22.0 Å². The minimum atomic E-state index is -3.80. The molecule has 7 nitrogen and oxygen atoms in total. The van der Waals surface area contributed by atoms with E-state index in [4.69, 9.17) is 9.47 Å². The largest absolute Gasteiger partial charge is 0.494 e. The first-order valence-electron chi connectivity index (χ1n) is 7.76. The van der Waals surface area contributed by atoms with Gasteiger partial charge in [0.05, 0.1) is 24.2 Å². The Morgan fingerprint density at radius 1 is 1.29 bits per heavy atom. The maximum absolute atomic E-state index is 12.4. The number of amides is 1. The van der Waals surface area contributed by atoms with Crippen molar-refractivity contribution in [2.24, 2.45) is 0 Å².